The number of hydrazone groups is 1. The van der Waals surface area contributed by atoms with Crippen molar-refractivity contribution >= 4 is 58.5 Å². The monoisotopic (exact) mass is 466 g/mol. The fourth-order valence-corrected chi connectivity index (χ4v) is 3.08. The van der Waals surface area contributed by atoms with Gasteiger partial charge in [-0.3, -0.25) is 4.79 Å². The predicted octanol–water partition coefficient (Wildman–Crippen LogP) is 6.64. The quantitative estimate of drug-likeness (QED) is 0.326. The number of carbonyl (C=O) groups excluding carboxylic acids is 1. The van der Waals surface area contributed by atoms with E-state index < -0.39 is 0 Å². The number of carbonyl (C=O) groups is 1. The van der Waals surface area contributed by atoms with Gasteiger partial charge in [0.15, 0.2) is 0 Å². The fraction of sp³-hybridized carbons (Fsp3) is 0.0476. The van der Waals surface area contributed by atoms with Crippen molar-refractivity contribution in [2.24, 2.45) is 5.10 Å². The summed E-state index contributed by atoms with van der Waals surface area (Å²) in [6.45, 7) is 0.323. The topological polar surface area (TPSA) is 50.7 Å². The highest BCUT2D eigenvalue weighted by Gasteiger charge is 2.07. The van der Waals surface area contributed by atoms with Crippen LogP contribution in [-0.4, -0.2) is 12.1 Å². The van der Waals surface area contributed by atoms with Gasteiger partial charge in [-0.2, -0.15) is 5.10 Å². The van der Waals surface area contributed by atoms with Crippen LogP contribution in [0, 0.1) is 0 Å². The van der Waals surface area contributed by atoms with Crippen LogP contribution in [0.5, 0.6) is 5.75 Å². The van der Waals surface area contributed by atoms with E-state index in [1.807, 2.05) is 18.2 Å². The molecule has 0 heterocycles. The number of nitrogens with one attached hydrogen (secondary N) is 1. The molecule has 0 saturated heterocycles. The highest BCUT2D eigenvalue weighted by atomic mass is 35.5. The highest BCUT2D eigenvalue weighted by molar-refractivity contribution is 6.42. The SMILES string of the molecule is O=C(N/N=C\c1ccc(OCc2ccc(Cl)cc2Cl)cc1)c1ccc(Cl)c(Cl)c1. The fourth-order valence-electron chi connectivity index (χ4n) is 2.32. The molecule has 148 valence electrons. The molecule has 0 bridgehead atoms. The number of ether oxygens (including phenoxy) is 1. The van der Waals surface area contributed by atoms with Gasteiger partial charge in [0.1, 0.15) is 12.4 Å². The van der Waals surface area contributed by atoms with Crippen molar-refractivity contribution in [3.8, 4) is 5.75 Å². The Labute approximate surface area is 188 Å². The molecular weight excluding hydrogens is 454 g/mol. The van der Waals surface area contributed by atoms with Crippen molar-refractivity contribution in [3.63, 3.8) is 0 Å². The van der Waals surface area contributed by atoms with Crippen LogP contribution >= 0.6 is 46.4 Å². The van der Waals surface area contributed by atoms with Crippen LogP contribution in [0.1, 0.15) is 21.5 Å². The van der Waals surface area contributed by atoms with Crippen LogP contribution in [0.15, 0.2) is 65.8 Å². The number of benzene rings is 3. The first kappa shape index (κ1) is 21.5. The van der Waals surface area contributed by atoms with Crippen LogP contribution in [0.2, 0.25) is 20.1 Å². The van der Waals surface area contributed by atoms with Crippen LogP contribution in [-0.2, 0) is 6.61 Å². The summed E-state index contributed by atoms with van der Waals surface area (Å²) in [5, 5.41) is 5.76. The molecule has 4 nitrogen and oxygen atoms in total. The van der Waals surface area contributed by atoms with E-state index in [9.17, 15) is 4.79 Å². The lowest BCUT2D eigenvalue weighted by atomic mass is 10.2. The Kier molecular flexibility index (Phi) is 7.40. The lowest BCUT2D eigenvalue weighted by Gasteiger charge is -2.08. The van der Waals surface area contributed by atoms with Gasteiger partial charge in [0.2, 0.25) is 0 Å². The van der Waals surface area contributed by atoms with Crippen molar-refractivity contribution in [3.05, 3.63) is 97.4 Å². The van der Waals surface area contributed by atoms with Gasteiger partial charge in [-0.25, -0.2) is 5.43 Å². The second-order valence-corrected chi connectivity index (χ2v) is 7.58. The first-order valence-corrected chi connectivity index (χ1v) is 9.89. The van der Waals surface area contributed by atoms with E-state index in [1.165, 1.54) is 12.3 Å². The van der Waals surface area contributed by atoms with Crippen molar-refractivity contribution in [2.45, 2.75) is 6.61 Å². The molecule has 0 aromatic heterocycles. The molecule has 0 fully saturated rings. The molecule has 8 heteroatoms. The molecule has 0 aliphatic carbocycles. The number of hydrogen-bond acceptors (Lipinski definition) is 3. The van der Waals surface area contributed by atoms with Gasteiger partial charge in [-0.05, 0) is 60.2 Å². The van der Waals surface area contributed by atoms with Crippen LogP contribution in [0.25, 0.3) is 0 Å². The van der Waals surface area contributed by atoms with E-state index in [1.54, 1.807) is 36.4 Å². The second-order valence-electron chi connectivity index (χ2n) is 5.92. The van der Waals surface area contributed by atoms with Gasteiger partial charge >= 0.3 is 0 Å². The summed E-state index contributed by atoms with van der Waals surface area (Å²) < 4.78 is 5.72. The van der Waals surface area contributed by atoms with Crippen molar-refractivity contribution in [1.29, 1.82) is 0 Å². The summed E-state index contributed by atoms with van der Waals surface area (Å²) in [5.74, 6) is 0.285. The standard InChI is InChI=1S/C21H14Cl4N2O2/c22-16-5-3-15(19(24)10-16)12-29-17-6-1-13(2-7-17)11-26-27-21(28)14-4-8-18(23)20(25)9-14/h1-11H,12H2,(H,27,28)/b26-11-. The lowest BCUT2D eigenvalue weighted by molar-refractivity contribution is 0.0955. The molecule has 0 radical (unpaired) electrons. The van der Waals surface area contributed by atoms with Crippen LogP contribution in [0.4, 0.5) is 0 Å². The number of hydrogen-bond donors (Lipinski definition) is 1. The molecule has 0 unspecified atom stereocenters. The van der Waals surface area contributed by atoms with Gasteiger partial charge in [0, 0.05) is 21.2 Å². The maximum atomic E-state index is 12.1. The Morgan fingerprint density at radius 2 is 1.66 bits per heavy atom. The lowest BCUT2D eigenvalue weighted by Crippen LogP contribution is -2.17. The minimum atomic E-state index is -0.389. The molecule has 1 N–H and O–H groups in total. The zero-order chi connectivity index (χ0) is 20.8. The number of nitrogens with zero attached hydrogens (tertiary/aromatic N) is 1. The zero-order valence-electron chi connectivity index (χ0n) is 14.8. The van der Waals surface area contributed by atoms with Crippen molar-refractivity contribution < 1.29 is 9.53 Å². The molecule has 3 rings (SSSR count). The van der Waals surface area contributed by atoms with Crippen molar-refractivity contribution in [2.75, 3.05) is 0 Å². The number of amides is 1. The minimum absolute atomic E-state index is 0.304. The van der Waals surface area contributed by atoms with Crippen LogP contribution < -0.4 is 10.2 Å². The maximum absolute atomic E-state index is 12.1. The molecule has 0 atom stereocenters. The third-order valence-electron chi connectivity index (χ3n) is 3.85. The summed E-state index contributed by atoms with van der Waals surface area (Å²) >= 11 is 23.8. The summed E-state index contributed by atoms with van der Waals surface area (Å²) in [4.78, 5) is 12.1. The van der Waals surface area contributed by atoms with Crippen molar-refractivity contribution in [1.82, 2.24) is 5.43 Å². The summed E-state index contributed by atoms with van der Waals surface area (Å²) in [5.41, 5.74) is 4.43. The predicted molar refractivity (Wildman–Crippen MR) is 119 cm³/mol. The second kappa shape index (κ2) is 9.99. The number of halogens is 4. The van der Waals surface area contributed by atoms with Crippen LogP contribution in [0.3, 0.4) is 0 Å². The van der Waals surface area contributed by atoms with Gasteiger partial charge in [0.05, 0.1) is 16.3 Å². The smallest absolute Gasteiger partial charge is 0.271 e. The summed E-state index contributed by atoms with van der Waals surface area (Å²) in [6.07, 6.45) is 1.52. The molecule has 29 heavy (non-hydrogen) atoms. The largest absolute Gasteiger partial charge is 0.489 e. The Hall–Kier alpha value is -2.24. The summed E-state index contributed by atoms with van der Waals surface area (Å²) in [7, 11) is 0. The molecule has 1 amide bonds. The molecule has 0 aliphatic heterocycles. The van der Waals surface area contributed by atoms with Gasteiger partial charge in [0.25, 0.3) is 5.91 Å². The van der Waals surface area contributed by atoms with E-state index in [4.69, 9.17) is 51.1 Å². The Morgan fingerprint density at radius 1 is 0.897 bits per heavy atom. The molecule has 3 aromatic rings. The van der Waals surface area contributed by atoms with E-state index in [2.05, 4.69) is 10.5 Å². The molecule has 0 spiro atoms. The van der Waals surface area contributed by atoms with Gasteiger partial charge in [-0.15, -0.1) is 0 Å². The molecular formula is C21H14Cl4N2O2. The van der Waals surface area contributed by atoms with Gasteiger partial charge in [-0.1, -0.05) is 52.5 Å². The minimum Gasteiger partial charge on any atom is -0.489 e. The Morgan fingerprint density at radius 3 is 2.34 bits per heavy atom. The highest BCUT2D eigenvalue weighted by Crippen LogP contribution is 2.23. The first-order valence-electron chi connectivity index (χ1n) is 8.37. The summed E-state index contributed by atoms with van der Waals surface area (Å²) in [6, 6.07) is 17.1. The van der Waals surface area contributed by atoms with E-state index in [-0.39, 0.29) is 5.91 Å². The van der Waals surface area contributed by atoms with E-state index in [0.717, 1.165) is 11.1 Å². The average molecular weight is 468 g/mol. The zero-order valence-corrected chi connectivity index (χ0v) is 17.9. The third kappa shape index (κ3) is 6.12. The molecule has 3 aromatic carbocycles. The average Bonchev–Trinajstić information content (AvgIpc) is 2.70. The molecule has 0 aliphatic rings. The Balaban J connectivity index is 1.54. The first-order chi connectivity index (χ1) is 13.9. The normalized spacial score (nSPS) is 10.9. The van der Waals surface area contributed by atoms with E-state index in [0.29, 0.717) is 38.0 Å². The van der Waals surface area contributed by atoms with Gasteiger partial charge < -0.3 is 4.74 Å². The third-order valence-corrected chi connectivity index (χ3v) is 5.18. The maximum Gasteiger partial charge on any atom is 0.271 e. The Bertz CT molecular complexity index is 1050. The number of rotatable bonds is 6. The molecule has 0 saturated carbocycles. The van der Waals surface area contributed by atoms with E-state index >= 15 is 0 Å².